The molecule has 1 N–H and O–H groups in total. The third kappa shape index (κ3) is 2.52. The van der Waals surface area contributed by atoms with Gasteiger partial charge in [-0.25, -0.2) is 0 Å². The van der Waals surface area contributed by atoms with Crippen LogP contribution in [0.5, 0.6) is 0 Å². The van der Waals surface area contributed by atoms with E-state index in [9.17, 15) is 0 Å². The molecule has 0 aromatic carbocycles. The maximum Gasteiger partial charge on any atom is 0.00784 e. The molecule has 1 saturated heterocycles. The van der Waals surface area contributed by atoms with Gasteiger partial charge in [0.2, 0.25) is 0 Å². The Bertz CT molecular complexity index is 217. The van der Waals surface area contributed by atoms with Gasteiger partial charge in [-0.15, -0.1) is 0 Å². The van der Waals surface area contributed by atoms with Gasteiger partial charge in [0.05, 0.1) is 0 Å². The topological polar surface area (TPSA) is 12.0 Å². The normalized spacial score (nSPS) is 40.0. The lowest BCUT2D eigenvalue weighted by atomic mass is 9.93. The molecule has 1 aliphatic heterocycles. The van der Waals surface area contributed by atoms with Crippen molar-refractivity contribution in [2.24, 2.45) is 17.3 Å². The standard InChI is InChI=1S/C13H25NS/c1-10(2)8-14-9-12-7-13(12)5-4-6-15-11(13)3/h10-12,14H,4-9H2,1-3H3. The second-order valence-electron chi connectivity index (χ2n) is 5.80. The van der Waals surface area contributed by atoms with E-state index in [0.29, 0.717) is 0 Å². The molecule has 0 aromatic heterocycles. The van der Waals surface area contributed by atoms with Crippen molar-refractivity contribution >= 4 is 11.8 Å². The van der Waals surface area contributed by atoms with Gasteiger partial charge in [-0.05, 0) is 55.4 Å². The fraction of sp³-hybridized carbons (Fsp3) is 1.00. The summed E-state index contributed by atoms with van der Waals surface area (Å²) in [4.78, 5) is 0. The molecule has 0 aromatic rings. The minimum atomic E-state index is 0.743. The van der Waals surface area contributed by atoms with Gasteiger partial charge in [0.25, 0.3) is 0 Å². The molecule has 2 fully saturated rings. The van der Waals surface area contributed by atoms with Crippen molar-refractivity contribution in [3.63, 3.8) is 0 Å². The van der Waals surface area contributed by atoms with Crippen molar-refractivity contribution in [1.82, 2.24) is 5.32 Å². The van der Waals surface area contributed by atoms with Crippen LogP contribution in [-0.4, -0.2) is 24.1 Å². The quantitative estimate of drug-likeness (QED) is 0.792. The lowest BCUT2D eigenvalue weighted by Gasteiger charge is -2.29. The number of nitrogens with one attached hydrogen (secondary N) is 1. The molecule has 3 unspecified atom stereocenters. The van der Waals surface area contributed by atoms with E-state index in [1.807, 2.05) is 0 Å². The van der Waals surface area contributed by atoms with Crippen LogP contribution in [0, 0.1) is 17.3 Å². The number of thioether (sulfide) groups is 1. The summed E-state index contributed by atoms with van der Waals surface area (Å²) in [6.07, 6.45) is 4.44. The molecular weight excluding hydrogens is 202 g/mol. The summed E-state index contributed by atoms with van der Waals surface area (Å²) in [5.74, 6) is 3.17. The molecule has 2 heteroatoms. The predicted octanol–water partition coefficient (Wildman–Crippen LogP) is 3.15. The Labute approximate surface area is 98.8 Å². The van der Waals surface area contributed by atoms with Crippen molar-refractivity contribution in [3.05, 3.63) is 0 Å². The molecule has 1 spiro atoms. The second-order valence-corrected chi connectivity index (χ2v) is 7.25. The van der Waals surface area contributed by atoms with E-state index in [1.54, 1.807) is 0 Å². The van der Waals surface area contributed by atoms with Crippen LogP contribution < -0.4 is 5.32 Å². The highest BCUT2D eigenvalue weighted by Crippen LogP contribution is 2.63. The highest BCUT2D eigenvalue weighted by atomic mass is 32.2. The summed E-state index contributed by atoms with van der Waals surface area (Å²) >= 11 is 2.20. The van der Waals surface area contributed by atoms with Crippen molar-refractivity contribution in [3.8, 4) is 0 Å². The zero-order chi connectivity index (χ0) is 10.9. The largest absolute Gasteiger partial charge is 0.316 e. The third-order valence-corrected chi connectivity index (χ3v) is 5.68. The van der Waals surface area contributed by atoms with Gasteiger partial charge in [0.1, 0.15) is 0 Å². The van der Waals surface area contributed by atoms with E-state index in [1.165, 1.54) is 38.1 Å². The molecule has 2 aliphatic rings. The Balaban J connectivity index is 1.73. The lowest BCUT2D eigenvalue weighted by molar-refractivity contribution is 0.385. The summed E-state index contributed by atoms with van der Waals surface area (Å²) in [5, 5.41) is 4.54. The van der Waals surface area contributed by atoms with Gasteiger partial charge >= 0.3 is 0 Å². The predicted molar refractivity (Wildman–Crippen MR) is 69.4 cm³/mol. The zero-order valence-corrected chi connectivity index (χ0v) is 11.2. The van der Waals surface area contributed by atoms with Crippen molar-refractivity contribution < 1.29 is 0 Å². The molecule has 0 bridgehead atoms. The molecule has 1 nitrogen and oxygen atoms in total. The number of hydrogen-bond acceptors (Lipinski definition) is 2. The second kappa shape index (κ2) is 4.67. The molecule has 88 valence electrons. The summed E-state index contributed by atoms with van der Waals surface area (Å²) in [6.45, 7) is 9.48. The van der Waals surface area contributed by atoms with Gasteiger partial charge in [0, 0.05) is 5.25 Å². The van der Waals surface area contributed by atoms with Gasteiger partial charge in [-0.1, -0.05) is 20.8 Å². The number of rotatable bonds is 4. The smallest absolute Gasteiger partial charge is 0.00784 e. The Morgan fingerprint density at radius 2 is 2.27 bits per heavy atom. The highest BCUT2D eigenvalue weighted by molar-refractivity contribution is 7.99. The van der Waals surface area contributed by atoms with E-state index in [2.05, 4.69) is 37.8 Å². The maximum atomic E-state index is 3.63. The minimum absolute atomic E-state index is 0.743. The van der Waals surface area contributed by atoms with Crippen LogP contribution in [-0.2, 0) is 0 Å². The van der Waals surface area contributed by atoms with Crippen LogP contribution >= 0.6 is 11.8 Å². The van der Waals surface area contributed by atoms with Crippen LogP contribution in [0.1, 0.15) is 40.0 Å². The van der Waals surface area contributed by atoms with Crippen LogP contribution in [0.3, 0.4) is 0 Å². The lowest BCUT2D eigenvalue weighted by Crippen LogP contribution is -2.28. The fourth-order valence-corrected chi connectivity index (χ4v) is 4.46. The van der Waals surface area contributed by atoms with Gasteiger partial charge in [0.15, 0.2) is 0 Å². The molecule has 1 heterocycles. The van der Waals surface area contributed by atoms with Gasteiger partial charge in [-0.3, -0.25) is 0 Å². The Hall–Kier alpha value is 0.310. The summed E-state index contributed by atoms with van der Waals surface area (Å²) < 4.78 is 0. The molecule has 3 atom stereocenters. The molecule has 1 aliphatic carbocycles. The summed E-state index contributed by atoms with van der Waals surface area (Å²) in [5.41, 5.74) is 0.743. The average molecular weight is 227 g/mol. The van der Waals surface area contributed by atoms with Crippen LogP contribution in [0.25, 0.3) is 0 Å². The van der Waals surface area contributed by atoms with E-state index in [4.69, 9.17) is 0 Å². The Morgan fingerprint density at radius 1 is 1.47 bits per heavy atom. The maximum absolute atomic E-state index is 3.63. The molecule has 0 radical (unpaired) electrons. The SMILES string of the molecule is CC(C)CNCC1CC12CCCSC2C. The van der Waals surface area contributed by atoms with Gasteiger partial charge < -0.3 is 5.32 Å². The molecule has 15 heavy (non-hydrogen) atoms. The monoisotopic (exact) mass is 227 g/mol. The fourth-order valence-electron chi connectivity index (χ4n) is 3.06. The highest BCUT2D eigenvalue weighted by Gasteiger charge is 2.57. The van der Waals surface area contributed by atoms with Crippen LogP contribution in [0.15, 0.2) is 0 Å². The Morgan fingerprint density at radius 3 is 2.93 bits per heavy atom. The molecule has 2 rings (SSSR count). The van der Waals surface area contributed by atoms with E-state index < -0.39 is 0 Å². The van der Waals surface area contributed by atoms with E-state index in [0.717, 1.165) is 22.5 Å². The van der Waals surface area contributed by atoms with Crippen LogP contribution in [0.4, 0.5) is 0 Å². The van der Waals surface area contributed by atoms with Crippen molar-refractivity contribution in [1.29, 1.82) is 0 Å². The Kier molecular flexibility index (Phi) is 3.67. The van der Waals surface area contributed by atoms with Gasteiger partial charge in [-0.2, -0.15) is 11.8 Å². The molecule has 1 saturated carbocycles. The first-order valence-corrected chi connectivity index (χ1v) is 7.52. The van der Waals surface area contributed by atoms with E-state index in [-0.39, 0.29) is 0 Å². The molecular formula is C13H25NS. The summed E-state index contributed by atoms with van der Waals surface area (Å²) in [7, 11) is 0. The van der Waals surface area contributed by atoms with Crippen LogP contribution in [0.2, 0.25) is 0 Å². The first-order chi connectivity index (χ1) is 7.15. The molecule has 0 amide bonds. The number of hydrogen-bond donors (Lipinski definition) is 1. The third-order valence-electron chi connectivity index (χ3n) is 4.19. The first kappa shape index (κ1) is 11.8. The average Bonchev–Trinajstić information content (AvgIpc) is 2.85. The van der Waals surface area contributed by atoms with Crippen molar-refractivity contribution in [2.45, 2.75) is 45.3 Å². The van der Waals surface area contributed by atoms with Crippen molar-refractivity contribution in [2.75, 3.05) is 18.8 Å². The minimum Gasteiger partial charge on any atom is -0.316 e. The van der Waals surface area contributed by atoms with E-state index >= 15 is 0 Å². The zero-order valence-electron chi connectivity index (χ0n) is 10.4. The summed E-state index contributed by atoms with van der Waals surface area (Å²) in [6, 6.07) is 0. The first-order valence-electron chi connectivity index (χ1n) is 6.47.